The van der Waals surface area contributed by atoms with Crippen LogP contribution in [0.4, 0.5) is 0 Å². The standard InChI is InChI=1S/C18H15Cl3N2O/c1-10-17(11(2)24)22-23(16-8-7-14(20)9-15(16)21)18(10)12-3-5-13(19)6-4-12/h3-9,11,24H,1-2H3. The van der Waals surface area contributed by atoms with Crippen molar-refractivity contribution in [2.45, 2.75) is 20.0 Å². The van der Waals surface area contributed by atoms with E-state index in [0.29, 0.717) is 26.4 Å². The van der Waals surface area contributed by atoms with Crippen LogP contribution >= 0.6 is 34.8 Å². The van der Waals surface area contributed by atoms with Crippen molar-refractivity contribution in [3.8, 4) is 16.9 Å². The van der Waals surface area contributed by atoms with Gasteiger partial charge in [-0.25, -0.2) is 4.68 Å². The maximum Gasteiger partial charge on any atom is 0.0953 e. The molecule has 0 saturated heterocycles. The Balaban J connectivity index is 2.28. The fourth-order valence-corrected chi connectivity index (χ4v) is 3.30. The second kappa shape index (κ2) is 6.77. The minimum absolute atomic E-state index is 0.484. The van der Waals surface area contributed by atoms with Gasteiger partial charge in [0.25, 0.3) is 0 Å². The first-order chi connectivity index (χ1) is 11.4. The van der Waals surface area contributed by atoms with E-state index in [9.17, 15) is 5.11 Å². The molecule has 6 heteroatoms. The average molecular weight is 382 g/mol. The number of aliphatic hydroxyl groups excluding tert-OH is 1. The smallest absolute Gasteiger partial charge is 0.0953 e. The van der Waals surface area contributed by atoms with Crippen LogP contribution in [0.15, 0.2) is 42.5 Å². The Morgan fingerprint density at radius 1 is 1.00 bits per heavy atom. The summed E-state index contributed by atoms with van der Waals surface area (Å²) in [7, 11) is 0. The first-order valence-electron chi connectivity index (χ1n) is 7.37. The molecule has 0 saturated carbocycles. The zero-order valence-corrected chi connectivity index (χ0v) is 15.4. The van der Waals surface area contributed by atoms with Gasteiger partial charge < -0.3 is 5.11 Å². The van der Waals surface area contributed by atoms with Crippen molar-refractivity contribution in [1.29, 1.82) is 0 Å². The highest BCUT2D eigenvalue weighted by atomic mass is 35.5. The Labute approximate surface area is 155 Å². The average Bonchev–Trinajstić information content (AvgIpc) is 2.86. The van der Waals surface area contributed by atoms with Crippen molar-refractivity contribution in [3.05, 3.63) is 68.8 Å². The van der Waals surface area contributed by atoms with Crippen molar-refractivity contribution in [2.75, 3.05) is 0 Å². The summed E-state index contributed by atoms with van der Waals surface area (Å²) in [6.07, 6.45) is -0.691. The normalized spacial score (nSPS) is 12.4. The molecule has 0 spiro atoms. The third kappa shape index (κ3) is 3.17. The molecular formula is C18H15Cl3N2O. The summed E-state index contributed by atoms with van der Waals surface area (Å²) in [5, 5.41) is 16.3. The summed E-state index contributed by atoms with van der Waals surface area (Å²) >= 11 is 18.4. The van der Waals surface area contributed by atoms with Crippen molar-refractivity contribution in [2.24, 2.45) is 0 Å². The predicted octanol–water partition coefficient (Wildman–Crippen LogP) is 5.86. The van der Waals surface area contributed by atoms with Gasteiger partial charge in [0.1, 0.15) is 0 Å². The molecule has 3 nitrogen and oxygen atoms in total. The molecule has 124 valence electrons. The van der Waals surface area contributed by atoms with E-state index in [2.05, 4.69) is 5.10 Å². The maximum absolute atomic E-state index is 10.0. The second-order valence-corrected chi connectivity index (χ2v) is 6.83. The van der Waals surface area contributed by atoms with Gasteiger partial charge in [0, 0.05) is 21.2 Å². The van der Waals surface area contributed by atoms with Crippen molar-refractivity contribution < 1.29 is 5.11 Å². The molecule has 1 aromatic heterocycles. The van der Waals surface area contributed by atoms with Gasteiger partial charge in [-0.1, -0.05) is 46.9 Å². The third-order valence-corrected chi connectivity index (χ3v) is 4.60. The van der Waals surface area contributed by atoms with Gasteiger partial charge in [-0.05, 0) is 44.2 Å². The fourth-order valence-electron chi connectivity index (χ4n) is 2.68. The third-order valence-electron chi connectivity index (χ3n) is 3.81. The molecule has 0 fully saturated rings. The molecule has 1 N–H and O–H groups in total. The van der Waals surface area contributed by atoms with E-state index in [1.54, 1.807) is 23.7 Å². The Hall–Kier alpha value is -1.52. The molecule has 0 radical (unpaired) electrons. The molecule has 0 aliphatic carbocycles. The monoisotopic (exact) mass is 380 g/mol. The first-order valence-corrected chi connectivity index (χ1v) is 8.51. The number of aromatic nitrogens is 2. The van der Waals surface area contributed by atoms with Crippen LogP contribution in [0.1, 0.15) is 24.3 Å². The van der Waals surface area contributed by atoms with Gasteiger partial charge in [0.15, 0.2) is 0 Å². The minimum Gasteiger partial charge on any atom is -0.387 e. The molecule has 1 heterocycles. The number of benzene rings is 2. The molecule has 0 amide bonds. The van der Waals surface area contributed by atoms with Crippen LogP contribution in [0, 0.1) is 6.92 Å². The van der Waals surface area contributed by atoms with Crippen LogP contribution in [0.25, 0.3) is 16.9 Å². The summed E-state index contributed by atoms with van der Waals surface area (Å²) in [6, 6.07) is 12.7. The van der Waals surface area contributed by atoms with Crippen LogP contribution < -0.4 is 0 Å². The lowest BCUT2D eigenvalue weighted by Gasteiger charge is -2.11. The highest BCUT2D eigenvalue weighted by Crippen LogP contribution is 2.34. The molecule has 24 heavy (non-hydrogen) atoms. The number of hydrogen-bond donors (Lipinski definition) is 1. The zero-order valence-electron chi connectivity index (χ0n) is 13.1. The Morgan fingerprint density at radius 2 is 1.62 bits per heavy atom. The van der Waals surface area contributed by atoms with Crippen LogP contribution in [-0.2, 0) is 0 Å². The zero-order chi connectivity index (χ0) is 17.4. The van der Waals surface area contributed by atoms with Crippen LogP contribution in [0.5, 0.6) is 0 Å². The molecule has 3 rings (SSSR count). The first kappa shape index (κ1) is 17.3. The lowest BCUT2D eigenvalue weighted by Crippen LogP contribution is -2.01. The van der Waals surface area contributed by atoms with Gasteiger partial charge in [-0.3, -0.25) is 0 Å². The quantitative estimate of drug-likeness (QED) is 0.617. The SMILES string of the molecule is Cc1c(C(C)O)nn(-c2ccc(Cl)cc2Cl)c1-c1ccc(Cl)cc1. The van der Waals surface area contributed by atoms with E-state index in [4.69, 9.17) is 34.8 Å². The van der Waals surface area contributed by atoms with Gasteiger partial charge in [0.05, 0.1) is 28.2 Å². The summed E-state index contributed by atoms with van der Waals surface area (Å²) in [5.74, 6) is 0. The van der Waals surface area contributed by atoms with Gasteiger partial charge in [-0.2, -0.15) is 5.10 Å². The molecular weight excluding hydrogens is 367 g/mol. The fraction of sp³-hybridized carbons (Fsp3) is 0.167. The number of halogens is 3. The maximum atomic E-state index is 10.0. The molecule has 3 aromatic rings. The van der Waals surface area contributed by atoms with Gasteiger partial charge >= 0.3 is 0 Å². The van der Waals surface area contributed by atoms with Crippen LogP contribution in [-0.4, -0.2) is 14.9 Å². The van der Waals surface area contributed by atoms with Gasteiger partial charge in [-0.15, -0.1) is 0 Å². The summed E-state index contributed by atoms with van der Waals surface area (Å²) in [5.41, 5.74) is 3.97. The van der Waals surface area contributed by atoms with E-state index < -0.39 is 6.10 Å². The summed E-state index contributed by atoms with van der Waals surface area (Å²) in [6.45, 7) is 3.62. The van der Waals surface area contributed by atoms with Crippen molar-refractivity contribution in [1.82, 2.24) is 9.78 Å². The number of rotatable bonds is 3. The van der Waals surface area contributed by atoms with E-state index >= 15 is 0 Å². The largest absolute Gasteiger partial charge is 0.387 e. The summed E-state index contributed by atoms with van der Waals surface area (Å²) < 4.78 is 1.74. The molecule has 2 aromatic carbocycles. The Morgan fingerprint density at radius 3 is 2.21 bits per heavy atom. The molecule has 0 bridgehead atoms. The lowest BCUT2D eigenvalue weighted by atomic mass is 10.0. The molecule has 1 atom stereocenters. The van der Waals surface area contributed by atoms with Gasteiger partial charge in [0.2, 0.25) is 0 Å². The number of aliphatic hydroxyl groups is 1. The Bertz CT molecular complexity index is 886. The summed E-state index contributed by atoms with van der Waals surface area (Å²) in [4.78, 5) is 0. The molecule has 1 unspecified atom stereocenters. The molecule has 0 aliphatic rings. The number of nitrogens with zero attached hydrogens (tertiary/aromatic N) is 2. The number of hydrogen-bond acceptors (Lipinski definition) is 2. The highest BCUT2D eigenvalue weighted by molar-refractivity contribution is 6.35. The van der Waals surface area contributed by atoms with E-state index in [0.717, 1.165) is 16.8 Å². The van der Waals surface area contributed by atoms with Crippen molar-refractivity contribution >= 4 is 34.8 Å². The van der Waals surface area contributed by atoms with Crippen LogP contribution in [0.2, 0.25) is 15.1 Å². The molecule has 0 aliphatic heterocycles. The second-order valence-electron chi connectivity index (χ2n) is 5.55. The van der Waals surface area contributed by atoms with Crippen molar-refractivity contribution in [3.63, 3.8) is 0 Å². The predicted molar refractivity (Wildman–Crippen MR) is 99.4 cm³/mol. The topological polar surface area (TPSA) is 38.1 Å². The highest BCUT2D eigenvalue weighted by Gasteiger charge is 2.21. The van der Waals surface area contributed by atoms with Crippen LogP contribution in [0.3, 0.4) is 0 Å². The minimum atomic E-state index is -0.691. The Kier molecular flexibility index (Phi) is 4.88. The van der Waals surface area contributed by atoms with E-state index in [1.807, 2.05) is 37.3 Å². The lowest BCUT2D eigenvalue weighted by molar-refractivity contribution is 0.193. The van der Waals surface area contributed by atoms with E-state index in [1.165, 1.54) is 0 Å². The van der Waals surface area contributed by atoms with E-state index in [-0.39, 0.29) is 0 Å².